The second-order valence-electron chi connectivity index (χ2n) is 6.85. The summed E-state index contributed by atoms with van der Waals surface area (Å²) in [6.45, 7) is 1.26. The van der Waals surface area contributed by atoms with Crippen LogP contribution in [0, 0.1) is 0 Å². The maximum Gasteiger partial charge on any atom is 0.143 e. The van der Waals surface area contributed by atoms with Crippen molar-refractivity contribution in [2.75, 3.05) is 27.4 Å². The number of ether oxygens (including phenoxy) is 3. The van der Waals surface area contributed by atoms with E-state index in [-0.39, 0.29) is 0 Å². The molecule has 3 aromatic carbocycles. The lowest BCUT2D eigenvalue weighted by Crippen LogP contribution is -2.33. The van der Waals surface area contributed by atoms with E-state index in [0.717, 1.165) is 41.0 Å². The first-order valence-electron chi connectivity index (χ1n) is 9.93. The van der Waals surface area contributed by atoms with Crippen LogP contribution in [-0.4, -0.2) is 27.4 Å². The summed E-state index contributed by atoms with van der Waals surface area (Å²) in [6, 6.07) is 26.5. The van der Waals surface area contributed by atoms with E-state index in [1.165, 1.54) is 0 Å². The van der Waals surface area contributed by atoms with E-state index in [9.17, 15) is 0 Å². The molecule has 0 aromatic heterocycles. The molecule has 0 spiro atoms. The molecule has 3 aromatic rings. The zero-order chi connectivity index (χ0) is 20.5. The molecule has 4 heteroatoms. The van der Waals surface area contributed by atoms with Crippen LogP contribution in [0.15, 0.2) is 78.9 Å². The Kier molecular flexibility index (Phi) is 7.28. The molecule has 152 valence electrons. The molecule has 3 rings (SSSR count). The molecule has 0 aliphatic rings. The van der Waals surface area contributed by atoms with Crippen molar-refractivity contribution >= 4 is 0 Å². The number of methoxy groups -OCH3 is 2. The summed E-state index contributed by atoms with van der Waals surface area (Å²) >= 11 is 0. The third-order valence-electron chi connectivity index (χ3n) is 5.09. The third-order valence-corrected chi connectivity index (χ3v) is 5.09. The molecule has 2 N–H and O–H groups in total. The predicted molar refractivity (Wildman–Crippen MR) is 117 cm³/mol. The number of hydrogen-bond donors (Lipinski definition) is 1. The van der Waals surface area contributed by atoms with Gasteiger partial charge in [-0.05, 0) is 60.3 Å². The van der Waals surface area contributed by atoms with Gasteiger partial charge in [-0.2, -0.15) is 0 Å². The quantitative estimate of drug-likeness (QED) is 0.400. The lowest BCUT2D eigenvalue weighted by molar-refractivity contribution is 0.0110. The molecule has 0 bridgehead atoms. The van der Waals surface area contributed by atoms with Crippen molar-refractivity contribution in [3.63, 3.8) is 0 Å². The van der Waals surface area contributed by atoms with Gasteiger partial charge in [0.1, 0.15) is 17.1 Å². The maximum absolute atomic E-state index is 6.70. The van der Waals surface area contributed by atoms with Crippen molar-refractivity contribution in [2.24, 2.45) is 5.73 Å². The van der Waals surface area contributed by atoms with Gasteiger partial charge in [0.05, 0.1) is 14.2 Å². The van der Waals surface area contributed by atoms with Crippen LogP contribution < -0.4 is 15.2 Å². The third kappa shape index (κ3) is 4.61. The minimum atomic E-state index is -0.742. The van der Waals surface area contributed by atoms with Gasteiger partial charge >= 0.3 is 0 Å². The van der Waals surface area contributed by atoms with Crippen molar-refractivity contribution in [1.82, 2.24) is 0 Å². The maximum atomic E-state index is 6.70. The van der Waals surface area contributed by atoms with Crippen molar-refractivity contribution in [3.8, 4) is 11.5 Å². The molecule has 0 amide bonds. The van der Waals surface area contributed by atoms with Gasteiger partial charge in [-0.15, -0.1) is 0 Å². The Morgan fingerprint density at radius 1 is 0.655 bits per heavy atom. The van der Waals surface area contributed by atoms with Gasteiger partial charge < -0.3 is 19.9 Å². The van der Waals surface area contributed by atoms with Crippen molar-refractivity contribution in [1.29, 1.82) is 0 Å². The SMILES string of the molecule is COc1ccc(C(OCCCCN)(c2ccccc2)c2ccc(OC)cc2)cc1. The minimum Gasteiger partial charge on any atom is -0.497 e. The Morgan fingerprint density at radius 2 is 1.14 bits per heavy atom. The second-order valence-corrected chi connectivity index (χ2v) is 6.85. The van der Waals surface area contributed by atoms with Gasteiger partial charge in [-0.25, -0.2) is 0 Å². The van der Waals surface area contributed by atoms with Gasteiger partial charge in [-0.3, -0.25) is 0 Å². The number of benzene rings is 3. The smallest absolute Gasteiger partial charge is 0.143 e. The first kappa shape index (κ1) is 20.9. The minimum absolute atomic E-state index is 0.601. The average Bonchev–Trinajstić information content (AvgIpc) is 2.80. The van der Waals surface area contributed by atoms with Gasteiger partial charge in [0.25, 0.3) is 0 Å². The zero-order valence-corrected chi connectivity index (χ0v) is 17.1. The highest BCUT2D eigenvalue weighted by Crippen LogP contribution is 2.41. The largest absolute Gasteiger partial charge is 0.497 e. The summed E-state index contributed by atoms with van der Waals surface area (Å²) < 4.78 is 17.4. The number of nitrogens with two attached hydrogens (primary N) is 1. The van der Waals surface area contributed by atoms with Crippen LogP contribution in [0.25, 0.3) is 0 Å². The highest BCUT2D eigenvalue weighted by atomic mass is 16.5. The standard InChI is InChI=1S/C25H29NO3/c1-27-23-14-10-21(11-15-23)25(29-19-7-6-18-26,20-8-4-3-5-9-20)22-12-16-24(28-2)17-13-22/h3-5,8-17H,6-7,18-19,26H2,1-2H3. The molecule has 0 aliphatic heterocycles. The molecule has 29 heavy (non-hydrogen) atoms. The Bertz CT molecular complexity index is 813. The summed E-state index contributed by atoms with van der Waals surface area (Å²) in [5, 5.41) is 0. The first-order chi connectivity index (χ1) is 14.2. The van der Waals surface area contributed by atoms with Crippen molar-refractivity contribution < 1.29 is 14.2 Å². The van der Waals surface area contributed by atoms with E-state index in [1.54, 1.807) is 14.2 Å². The van der Waals surface area contributed by atoms with Crippen LogP contribution in [-0.2, 0) is 10.3 Å². The zero-order valence-electron chi connectivity index (χ0n) is 17.1. The summed E-state index contributed by atoms with van der Waals surface area (Å²) in [5.74, 6) is 1.63. The molecule has 0 radical (unpaired) electrons. The Balaban J connectivity index is 2.15. The van der Waals surface area contributed by atoms with E-state index >= 15 is 0 Å². The van der Waals surface area contributed by atoms with Crippen LogP contribution in [0.3, 0.4) is 0 Å². The fourth-order valence-corrected chi connectivity index (χ4v) is 3.55. The molecule has 0 heterocycles. The Morgan fingerprint density at radius 3 is 1.59 bits per heavy atom. The van der Waals surface area contributed by atoms with Crippen LogP contribution in [0.4, 0.5) is 0 Å². The molecule has 0 fully saturated rings. The normalized spacial score (nSPS) is 11.3. The van der Waals surface area contributed by atoms with Gasteiger partial charge in [0.15, 0.2) is 0 Å². The molecule has 0 saturated heterocycles. The molecular formula is C25H29NO3. The topological polar surface area (TPSA) is 53.7 Å². The summed E-state index contributed by atoms with van der Waals surface area (Å²) in [6.07, 6.45) is 1.83. The molecular weight excluding hydrogens is 362 g/mol. The Labute approximate surface area is 173 Å². The lowest BCUT2D eigenvalue weighted by atomic mass is 9.80. The van der Waals surface area contributed by atoms with Crippen molar-refractivity contribution in [2.45, 2.75) is 18.4 Å². The van der Waals surface area contributed by atoms with Crippen LogP contribution in [0.2, 0.25) is 0 Å². The van der Waals surface area contributed by atoms with E-state index in [0.29, 0.717) is 13.2 Å². The summed E-state index contributed by atoms with van der Waals surface area (Å²) in [4.78, 5) is 0. The molecule has 0 unspecified atom stereocenters. The van der Waals surface area contributed by atoms with E-state index in [1.807, 2.05) is 42.5 Å². The van der Waals surface area contributed by atoms with E-state index < -0.39 is 5.60 Å². The van der Waals surface area contributed by atoms with Crippen LogP contribution in [0.1, 0.15) is 29.5 Å². The number of unbranched alkanes of at least 4 members (excludes halogenated alkanes) is 1. The van der Waals surface area contributed by atoms with Gasteiger partial charge in [0, 0.05) is 6.61 Å². The predicted octanol–water partition coefficient (Wildman–Crippen LogP) is 4.75. The lowest BCUT2D eigenvalue weighted by Gasteiger charge is -2.36. The average molecular weight is 392 g/mol. The first-order valence-corrected chi connectivity index (χ1v) is 9.93. The number of rotatable bonds is 10. The molecule has 0 saturated carbocycles. The molecule has 0 aliphatic carbocycles. The number of hydrogen-bond acceptors (Lipinski definition) is 4. The monoisotopic (exact) mass is 391 g/mol. The summed E-state index contributed by atoms with van der Waals surface area (Å²) in [7, 11) is 3.35. The molecule has 4 nitrogen and oxygen atoms in total. The second kappa shape index (κ2) is 10.1. The molecule has 0 atom stereocenters. The van der Waals surface area contributed by atoms with E-state index in [2.05, 4.69) is 36.4 Å². The highest BCUT2D eigenvalue weighted by Gasteiger charge is 2.37. The van der Waals surface area contributed by atoms with Gasteiger partial charge in [0.2, 0.25) is 0 Å². The van der Waals surface area contributed by atoms with E-state index in [4.69, 9.17) is 19.9 Å². The van der Waals surface area contributed by atoms with Crippen LogP contribution in [0.5, 0.6) is 11.5 Å². The van der Waals surface area contributed by atoms with Gasteiger partial charge in [-0.1, -0.05) is 54.6 Å². The highest BCUT2D eigenvalue weighted by molar-refractivity contribution is 5.49. The van der Waals surface area contributed by atoms with Crippen LogP contribution >= 0.6 is 0 Å². The summed E-state index contributed by atoms with van der Waals surface area (Å²) in [5.41, 5.74) is 8.11. The fourth-order valence-electron chi connectivity index (χ4n) is 3.55. The fraction of sp³-hybridized carbons (Fsp3) is 0.280. The Hall–Kier alpha value is -2.82. The van der Waals surface area contributed by atoms with Crippen molar-refractivity contribution in [3.05, 3.63) is 95.6 Å².